The molecule has 94 valence electrons. The molecule has 4 nitrogen and oxygen atoms in total. The van der Waals surface area contributed by atoms with Gasteiger partial charge in [0, 0.05) is 4.47 Å². The lowest BCUT2D eigenvalue weighted by atomic mass is 9.95. The molecule has 0 aliphatic heterocycles. The lowest BCUT2D eigenvalue weighted by Gasteiger charge is -2.20. The van der Waals surface area contributed by atoms with Crippen molar-refractivity contribution in [3.63, 3.8) is 0 Å². The highest BCUT2D eigenvalue weighted by atomic mass is 79.9. The van der Waals surface area contributed by atoms with Crippen LogP contribution in [0, 0.1) is 5.41 Å². The Bertz CT molecular complexity index is 415. The summed E-state index contributed by atoms with van der Waals surface area (Å²) in [5, 5.41) is 8.97. The van der Waals surface area contributed by atoms with Gasteiger partial charge in [-0.3, -0.25) is 4.79 Å². The molecule has 0 bridgehead atoms. The van der Waals surface area contributed by atoms with E-state index in [1.54, 1.807) is 26.0 Å². The van der Waals surface area contributed by atoms with Gasteiger partial charge in [-0.25, -0.2) is 0 Å². The fourth-order valence-corrected chi connectivity index (χ4v) is 1.42. The van der Waals surface area contributed by atoms with Crippen molar-refractivity contribution in [3.05, 3.63) is 22.7 Å². The van der Waals surface area contributed by atoms with Crippen molar-refractivity contribution in [3.8, 4) is 11.5 Å². The highest BCUT2D eigenvalue weighted by Gasteiger charge is 2.28. The molecule has 0 amide bonds. The van der Waals surface area contributed by atoms with Crippen molar-refractivity contribution in [1.29, 1.82) is 0 Å². The van der Waals surface area contributed by atoms with Crippen molar-refractivity contribution in [2.75, 3.05) is 13.7 Å². The van der Waals surface area contributed by atoms with Crippen LogP contribution in [-0.2, 0) is 4.79 Å². The summed E-state index contributed by atoms with van der Waals surface area (Å²) in [6, 6.07) is 5.32. The lowest BCUT2D eigenvalue weighted by molar-refractivity contribution is -0.148. The Hall–Kier alpha value is -1.23. The Morgan fingerprint density at radius 3 is 2.59 bits per heavy atom. The second-order valence-corrected chi connectivity index (χ2v) is 5.19. The first-order valence-corrected chi connectivity index (χ1v) is 5.86. The van der Waals surface area contributed by atoms with Crippen LogP contribution in [-0.4, -0.2) is 24.8 Å². The number of carboxylic acids is 1. The predicted molar refractivity (Wildman–Crippen MR) is 67.6 cm³/mol. The number of methoxy groups -OCH3 is 1. The molecule has 0 saturated heterocycles. The number of carboxylic acid groups (broad SMARTS) is 1. The monoisotopic (exact) mass is 302 g/mol. The van der Waals surface area contributed by atoms with E-state index in [1.165, 1.54) is 7.11 Å². The fourth-order valence-electron chi connectivity index (χ4n) is 1.08. The summed E-state index contributed by atoms with van der Waals surface area (Å²) < 4.78 is 11.5. The SMILES string of the molecule is COc1cc(Br)ccc1OCC(C)(C)C(=O)O. The van der Waals surface area contributed by atoms with Crippen molar-refractivity contribution >= 4 is 21.9 Å². The second kappa shape index (κ2) is 5.40. The van der Waals surface area contributed by atoms with Gasteiger partial charge in [-0.05, 0) is 32.0 Å². The molecule has 0 atom stereocenters. The maximum absolute atomic E-state index is 10.9. The molecule has 1 aromatic rings. The van der Waals surface area contributed by atoms with Crippen LogP contribution in [0.5, 0.6) is 11.5 Å². The summed E-state index contributed by atoms with van der Waals surface area (Å²) in [4.78, 5) is 10.9. The Morgan fingerprint density at radius 1 is 1.41 bits per heavy atom. The fraction of sp³-hybridized carbons (Fsp3) is 0.417. The van der Waals surface area contributed by atoms with Crippen LogP contribution in [0.2, 0.25) is 0 Å². The molecular weight excluding hydrogens is 288 g/mol. The maximum atomic E-state index is 10.9. The van der Waals surface area contributed by atoms with Crippen LogP contribution >= 0.6 is 15.9 Å². The number of benzene rings is 1. The molecule has 0 aromatic heterocycles. The molecule has 0 aliphatic carbocycles. The van der Waals surface area contributed by atoms with E-state index in [0.29, 0.717) is 11.5 Å². The topological polar surface area (TPSA) is 55.8 Å². The van der Waals surface area contributed by atoms with E-state index in [9.17, 15) is 4.79 Å². The van der Waals surface area contributed by atoms with Gasteiger partial charge in [0.05, 0.1) is 12.5 Å². The molecule has 0 aliphatic rings. The van der Waals surface area contributed by atoms with E-state index < -0.39 is 11.4 Å². The molecule has 1 rings (SSSR count). The average Bonchev–Trinajstić information content (AvgIpc) is 2.27. The van der Waals surface area contributed by atoms with Crippen LogP contribution in [0.15, 0.2) is 22.7 Å². The molecule has 17 heavy (non-hydrogen) atoms. The van der Waals surface area contributed by atoms with E-state index in [0.717, 1.165) is 4.47 Å². The quantitative estimate of drug-likeness (QED) is 0.908. The van der Waals surface area contributed by atoms with Crippen molar-refractivity contribution in [1.82, 2.24) is 0 Å². The maximum Gasteiger partial charge on any atom is 0.312 e. The minimum absolute atomic E-state index is 0.0837. The number of hydrogen-bond acceptors (Lipinski definition) is 3. The van der Waals surface area contributed by atoms with Crippen molar-refractivity contribution in [2.24, 2.45) is 5.41 Å². The molecular formula is C12H15BrO4. The standard InChI is InChI=1S/C12H15BrO4/c1-12(2,11(14)15)7-17-9-5-4-8(13)6-10(9)16-3/h4-6H,7H2,1-3H3,(H,14,15). The third kappa shape index (κ3) is 3.63. The number of aliphatic carboxylic acids is 1. The zero-order valence-corrected chi connectivity index (χ0v) is 11.6. The van der Waals surface area contributed by atoms with E-state index >= 15 is 0 Å². The lowest BCUT2D eigenvalue weighted by Crippen LogP contribution is -2.30. The van der Waals surface area contributed by atoms with Crippen molar-refractivity contribution < 1.29 is 19.4 Å². The van der Waals surface area contributed by atoms with Crippen LogP contribution < -0.4 is 9.47 Å². The summed E-state index contributed by atoms with van der Waals surface area (Å²) in [5.74, 6) is 0.208. The highest BCUT2D eigenvalue weighted by molar-refractivity contribution is 9.10. The number of rotatable bonds is 5. The largest absolute Gasteiger partial charge is 0.493 e. The average molecular weight is 303 g/mol. The van der Waals surface area contributed by atoms with Crippen LogP contribution in [0.1, 0.15) is 13.8 Å². The normalized spacial score (nSPS) is 11.1. The molecule has 1 N–H and O–H groups in total. The summed E-state index contributed by atoms with van der Waals surface area (Å²) in [6.07, 6.45) is 0. The third-order valence-corrected chi connectivity index (χ3v) is 2.79. The Labute approximate surface area is 109 Å². The Morgan fingerprint density at radius 2 is 2.06 bits per heavy atom. The molecule has 0 unspecified atom stereocenters. The first-order valence-electron chi connectivity index (χ1n) is 5.06. The molecule has 0 radical (unpaired) electrons. The van der Waals surface area contributed by atoms with E-state index in [4.69, 9.17) is 14.6 Å². The van der Waals surface area contributed by atoms with Gasteiger partial charge in [0.15, 0.2) is 11.5 Å². The summed E-state index contributed by atoms with van der Waals surface area (Å²) in [5.41, 5.74) is -0.932. The number of halogens is 1. The van der Waals surface area contributed by atoms with Crippen LogP contribution in [0.3, 0.4) is 0 Å². The highest BCUT2D eigenvalue weighted by Crippen LogP contribution is 2.31. The zero-order valence-electron chi connectivity index (χ0n) is 9.99. The Balaban J connectivity index is 2.79. The number of ether oxygens (including phenoxy) is 2. The van der Waals surface area contributed by atoms with Gasteiger partial charge in [-0.2, -0.15) is 0 Å². The molecule has 5 heteroatoms. The van der Waals surface area contributed by atoms with E-state index in [1.807, 2.05) is 6.07 Å². The van der Waals surface area contributed by atoms with Gasteiger partial charge >= 0.3 is 5.97 Å². The smallest absolute Gasteiger partial charge is 0.312 e. The molecule has 0 saturated carbocycles. The van der Waals surface area contributed by atoms with Gasteiger partial charge < -0.3 is 14.6 Å². The number of carbonyl (C=O) groups is 1. The van der Waals surface area contributed by atoms with Crippen LogP contribution in [0.25, 0.3) is 0 Å². The Kier molecular flexibility index (Phi) is 4.40. The molecule has 0 spiro atoms. The zero-order chi connectivity index (χ0) is 13.1. The van der Waals surface area contributed by atoms with E-state index in [-0.39, 0.29) is 6.61 Å². The van der Waals surface area contributed by atoms with E-state index in [2.05, 4.69) is 15.9 Å². The van der Waals surface area contributed by atoms with Gasteiger partial charge in [-0.1, -0.05) is 15.9 Å². The molecule has 0 fully saturated rings. The summed E-state index contributed by atoms with van der Waals surface area (Å²) in [6.45, 7) is 3.31. The van der Waals surface area contributed by atoms with Gasteiger partial charge in [-0.15, -0.1) is 0 Å². The van der Waals surface area contributed by atoms with Crippen molar-refractivity contribution in [2.45, 2.75) is 13.8 Å². The van der Waals surface area contributed by atoms with Crippen LogP contribution in [0.4, 0.5) is 0 Å². The minimum atomic E-state index is -0.932. The summed E-state index contributed by atoms with van der Waals surface area (Å²) in [7, 11) is 1.54. The molecule has 1 aromatic carbocycles. The number of hydrogen-bond donors (Lipinski definition) is 1. The first-order chi connectivity index (χ1) is 7.86. The summed E-state index contributed by atoms with van der Waals surface area (Å²) >= 11 is 3.32. The minimum Gasteiger partial charge on any atom is -0.493 e. The first kappa shape index (κ1) is 13.8. The third-order valence-electron chi connectivity index (χ3n) is 2.29. The second-order valence-electron chi connectivity index (χ2n) is 4.27. The van der Waals surface area contributed by atoms with Gasteiger partial charge in [0.25, 0.3) is 0 Å². The van der Waals surface area contributed by atoms with Gasteiger partial charge in [0.2, 0.25) is 0 Å². The molecule has 0 heterocycles. The van der Waals surface area contributed by atoms with Gasteiger partial charge in [0.1, 0.15) is 6.61 Å². The predicted octanol–water partition coefficient (Wildman–Crippen LogP) is 2.95.